The van der Waals surface area contributed by atoms with Gasteiger partial charge in [-0.2, -0.15) is 0 Å². The Kier molecular flexibility index (Phi) is 3.62. The van der Waals surface area contributed by atoms with Gasteiger partial charge >= 0.3 is 0 Å². The van der Waals surface area contributed by atoms with Gasteiger partial charge in [-0.15, -0.1) is 0 Å². The summed E-state index contributed by atoms with van der Waals surface area (Å²) in [7, 11) is 0. The Bertz CT molecular complexity index is 907. The van der Waals surface area contributed by atoms with Crippen molar-refractivity contribution in [1.82, 2.24) is 9.55 Å². The first-order valence-corrected chi connectivity index (χ1v) is 8.12. The van der Waals surface area contributed by atoms with E-state index < -0.39 is 0 Å². The predicted octanol–water partition coefficient (Wildman–Crippen LogP) is 4.53. The zero-order valence-electron chi connectivity index (χ0n) is 13.5. The molecule has 1 unspecified atom stereocenters. The molecule has 0 radical (unpaired) electrons. The van der Waals surface area contributed by atoms with Crippen molar-refractivity contribution < 1.29 is 4.79 Å². The zero-order valence-corrected chi connectivity index (χ0v) is 13.5. The molecule has 0 saturated carbocycles. The summed E-state index contributed by atoms with van der Waals surface area (Å²) in [6, 6.07) is 19.8. The number of hydrogen-bond acceptors (Lipinski definition) is 2. The summed E-state index contributed by atoms with van der Waals surface area (Å²) < 4.78 is 2.12. The monoisotopic (exact) mass is 314 g/mol. The number of benzene rings is 2. The van der Waals surface area contributed by atoms with E-state index in [-0.39, 0.29) is 11.8 Å². The maximum absolute atomic E-state index is 12.7. The van der Waals surface area contributed by atoms with Crippen LogP contribution < -0.4 is 0 Å². The summed E-state index contributed by atoms with van der Waals surface area (Å²) in [6.07, 6.45) is 4.17. The fourth-order valence-electron chi connectivity index (χ4n) is 3.47. The Morgan fingerprint density at radius 3 is 2.42 bits per heavy atom. The number of hydrogen-bond donors (Lipinski definition) is 0. The normalized spacial score (nSPS) is 16.3. The topological polar surface area (TPSA) is 34.9 Å². The SMILES string of the molecule is CC1=C(c2ccccc2)c2cncn2C1CC(=O)c1ccccc1. The van der Waals surface area contributed by atoms with Crippen molar-refractivity contribution in [2.75, 3.05) is 0 Å². The molecule has 0 N–H and O–H groups in total. The highest BCUT2D eigenvalue weighted by Gasteiger charge is 2.30. The van der Waals surface area contributed by atoms with Gasteiger partial charge in [0, 0.05) is 17.6 Å². The first-order valence-electron chi connectivity index (χ1n) is 8.12. The quantitative estimate of drug-likeness (QED) is 0.663. The molecule has 2 aromatic carbocycles. The number of carbonyl (C=O) groups excluding carboxylic acids is 1. The molecular formula is C21H18N2O. The third-order valence-electron chi connectivity index (χ3n) is 4.69. The second kappa shape index (κ2) is 5.93. The van der Waals surface area contributed by atoms with Crippen molar-refractivity contribution in [2.24, 2.45) is 0 Å². The largest absolute Gasteiger partial charge is 0.323 e. The number of aromatic nitrogens is 2. The van der Waals surface area contributed by atoms with Gasteiger partial charge in [-0.3, -0.25) is 4.79 Å². The van der Waals surface area contributed by atoms with Crippen LogP contribution in [0.1, 0.15) is 41.0 Å². The summed E-state index contributed by atoms with van der Waals surface area (Å²) in [6.45, 7) is 2.12. The van der Waals surface area contributed by atoms with Crippen LogP contribution in [0.25, 0.3) is 5.57 Å². The van der Waals surface area contributed by atoms with Crippen LogP contribution in [-0.2, 0) is 0 Å². The minimum absolute atomic E-state index is 0.0328. The summed E-state index contributed by atoms with van der Waals surface area (Å²) in [5.41, 5.74) is 5.44. The van der Waals surface area contributed by atoms with Crippen LogP contribution in [0.3, 0.4) is 0 Å². The van der Waals surface area contributed by atoms with Crippen LogP contribution in [0.15, 0.2) is 78.8 Å². The number of rotatable bonds is 4. The molecule has 1 aromatic heterocycles. The standard InChI is InChI=1S/C21H18N2O/c1-15-18(12-20(24)16-8-4-2-5-9-16)23-14-22-13-19(23)21(15)17-10-6-3-7-11-17/h2-11,13-14,18H,12H2,1H3. The lowest BCUT2D eigenvalue weighted by Gasteiger charge is -2.14. The molecule has 1 atom stereocenters. The van der Waals surface area contributed by atoms with Crippen LogP contribution in [0.2, 0.25) is 0 Å². The second-order valence-corrected chi connectivity index (χ2v) is 6.12. The van der Waals surface area contributed by atoms with Gasteiger partial charge in [0.15, 0.2) is 5.78 Å². The van der Waals surface area contributed by atoms with E-state index in [1.54, 1.807) is 0 Å². The first kappa shape index (κ1) is 14.6. The van der Waals surface area contributed by atoms with Crippen LogP contribution >= 0.6 is 0 Å². The number of carbonyl (C=O) groups is 1. The molecule has 24 heavy (non-hydrogen) atoms. The van der Waals surface area contributed by atoms with Crippen molar-refractivity contribution in [3.63, 3.8) is 0 Å². The van der Waals surface area contributed by atoms with Gasteiger partial charge in [0.05, 0.1) is 24.3 Å². The van der Waals surface area contributed by atoms with Crippen LogP contribution in [0.5, 0.6) is 0 Å². The van der Waals surface area contributed by atoms with E-state index in [1.165, 1.54) is 16.7 Å². The number of ketones is 1. The van der Waals surface area contributed by atoms with Crippen LogP contribution in [0, 0.1) is 0 Å². The fraction of sp³-hybridized carbons (Fsp3) is 0.143. The average molecular weight is 314 g/mol. The molecule has 3 aromatic rings. The Morgan fingerprint density at radius 1 is 1.04 bits per heavy atom. The lowest BCUT2D eigenvalue weighted by molar-refractivity contribution is 0.0969. The molecule has 4 rings (SSSR count). The molecule has 0 amide bonds. The predicted molar refractivity (Wildman–Crippen MR) is 94.8 cm³/mol. The van der Waals surface area contributed by atoms with Crippen molar-refractivity contribution >= 4 is 11.4 Å². The number of allylic oxidation sites excluding steroid dienone is 1. The smallest absolute Gasteiger partial charge is 0.165 e. The molecule has 0 bridgehead atoms. The number of imidazole rings is 1. The van der Waals surface area contributed by atoms with Gasteiger partial charge in [0.25, 0.3) is 0 Å². The molecule has 3 nitrogen and oxygen atoms in total. The van der Waals surface area contributed by atoms with E-state index in [0.717, 1.165) is 11.3 Å². The second-order valence-electron chi connectivity index (χ2n) is 6.12. The van der Waals surface area contributed by atoms with E-state index in [1.807, 2.05) is 61.1 Å². The van der Waals surface area contributed by atoms with Gasteiger partial charge in [-0.25, -0.2) is 4.98 Å². The fourth-order valence-corrected chi connectivity index (χ4v) is 3.47. The number of nitrogens with zero attached hydrogens (tertiary/aromatic N) is 2. The highest BCUT2D eigenvalue weighted by Crippen LogP contribution is 2.41. The molecule has 0 saturated heterocycles. The van der Waals surface area contributed by atoms with E-state index in [4.69, 9.17) is 0 Å². The van der Waals surface area contributed by atoms with Crippen molar-refractivity contribution in [3.8, 4) is 0 Å². The van der Waals surface area contributed by atoms with Crippen molar-refractivity contribution in [1.29, 1.82) is 0 Å². The third-order valence-corrected chi connectivity index (χ3v) is 4.69. The molecule has 0 spiro atoms. The summed E-state index contributed by atoms with van der Waals surface area (Å²) in [5.74, 6) is 0.161. The van der Waals surface area contributed by atoms with Crippen LogP contribution in [0.4, 0.5) is 0 Å². The Morgan fingerprint density at radius 2 is 1.71 bits per heavy atom. The van der Waals surface area contributed by atoms with E-state index in [2.05, 4.69) is 28.6 Å². The Balaban J connectivity index is 1.72. The first-order chi connectivity index (χ1) is 11.8. The van der Waals surface area contributed by atoms with Crippen LogP contribution in [-0.4, -0.2) is 15.3 Å². The van der Waals surface area contributed by atoms with E-state index >= 15 is 0 Å². The van der Waals surface area contributed by atoms with Gasteiger partial charge in [-0.05, 0) is 18.1 Å². The van der Waals surface area contributed by atoms with Gasteiger partial charge in [0.1, 0.15) is 0 Å². The average Bonchev–Trinajstić information content (AvgIpc) is 3.18. The highest BCUT2D eigenvalue weighted by molar-refractivity contribution is 5.97. The van der Waals surface area contributed by atoms with Gasteiger partial charge in [0.2, 0.25) is 0 Å². The Labute approximate surface area is 141 Å². The zero-order chi connectivity index (χ0) is 16.5. The van der Waals surface area contributed by atoms with E-state index in [0.29, 0.717) is 6.42 Å². The minimum atomic E-state index is 0.0328. The number of Topliss-reactive ketones (excluding diaryl/α,β-unsaturated/α-hetero) is 1. The van der Waals surface area contributed by atoms with Gasteiger partial charge in [-0.1, -0.05) is 60.7 Å². The maximum atomic E-state index is 12.7. The molecule has 0 aliphatic carbocycles. The molecule has 118 valence electrons. The summed E-state index contributed by atoms with van der Waals surface area (Å²) in [4.78, 5) is 17.0. The van der Waals surface area contributed by atoms with Crippen molar-refractivity contribution in [3.05, 3.63) is 95.6 Å². The molecule has 3 heteroatoms. The lowest BCUT2D eigenvalue weighted by Crippen LogP contribution is -2.12. The third kappa shape index (κ3) is 2.38. The summed E-state index contributed by atoms with van der Waals surface area (Å²) >= 11 is 0. The molecule has 1 aliphatic rings. The van der Waals surface area contributed by atoms with Gasteiger partial charge < -0.3 is 4.57 Å². The molecule has 1 aliphatic heterocycles. The minimum Gasteiger partial charge on any atom is -0.323 e. The lowest BCUT2D eigenvalue weighted by atomic mass is 9.94. The van der Waals surface area contributed by atoms with Crippen molar-refractivity contribution in [2.45, 2.75) is 19.4 Å². The summed E-state index contributed by atoms with van der Waals surface area (Å²) in [5, 5.41) is 0. The highest BCUT2D eigenvalue weighted by atomic mass is 16.1. The number of fused-ring (bicyclic) bond motifs is 1. The molecule has 2 heterocycles. The molecule has 0 fully saturated rings. The molecular weight excluding hydrogens is 296 g/mol. The maximum Gasteiger partial charge on any atom is 0.165 e. The van der Waals surface area contributed by atoms with E-state index in [9.17, 15) is 4.79 Å². The Hall–Kier alpha value is -2.94.